The van der Waals surface area contributed by atoms with Gasteiger partial charge in [-0.1, -0.05) is 0 Å². The van der Waals surface area contributed by atoms with Crippen LogP contribution in [0.3, 0.4) is 0 Å². The number of nitrogens with one attached hydrogen (secondary N) is 4. The van der Waals surface area contributed by atoms with Crippen molar-refractivity contribution < 1.29 is 112 Å². The number of halogens is 1. The second-order valence-electron chi connectivity index (χ2n) is 15.8. The molecule has 13 N–H and O–H groups in total. The molecule has 3 fully saturated rings. The highest BCUT2D eigenvalue weighted by atomic mass is 19.1. The molecule has 0 unspecified atom stereocenters. The third-order valence-electron chi connectivity index (χ3n) is 10.9. The first-order valence-corrected chi connectivity index (χ1v) is 20.4. The maximum atomic E-state index is 13.4. The van der Waals surface area contributed by atoms with Crippen LogP contribution in [0.25, 0.3) is 0 Å². The highest BCUT2D eigenvalue weighted by molar-refractivity contribution is 5.94. The van der Waals surface area contributed by atoms with Crippen molar-refractivity contribution in [1.29, 1.82) is 0 Å². The molecule has 3 aliphatic rings. The highest BCUT2D eigenvalue weighted by Crippen LogP contribution is 2.38. The second-order valence-corrected chi connectivity index (χ2v) is 15.8. The minimum Gasteiger partial charge on any atom is -0.477 e. The molecule has 4 amide bonds. The molecule has 0 bridgehead atoms. The van der Waals surface area contributed by atoms with Gasteiger partial charge in [-0.2, -0.15) is 0 Å². The Morgan fingerprint density at radius 3 is 1.92 bits per heavy atom. The van der Waals surface area contributed by atoms with Crippen molar-refractivity contribution in [1.82, 2.24) is 21.3 Å². The van der Waals surface area contributed by atoms with Gasteiger partial charge in [0.15, 0.2) is 18.6 Å². The standard InChI is InChI=1S/C39H57FN4O22/c1-14(24(35(57)60-5)42-15(2)47)61-36-26(44-17(4)49)31(28(53)22(12-45)62-36)64-37-30(55)33(29(54)23(13-46)63-37)66-39(38(58)59)10-20(50)25(43-16(3)48)32(65-39)27(52)21(51)11-41-34(56)18-6-8-19(40)9-7-18/h6-9,14,20-33,36-37,45-46,50-55H,10-13H2,1-5H3,(H,41,56)(H,42,47)(H,43,48)(H,44,49)(H,58,59)/t14-,20+,21-,22-,23-,24+,25-,26-,27-,28+,29+,30-,31-,32-,33+,36+,37+,39+/m1/s1. The third kappa shape index (κ3) is 12.9. The summed E-state index contributed by atoms with van der Waals surface area (Å²) < 4.78 is 52.9. The van der Waals surface area contributed by atoms with Gasteiger partial charge in [-0.15, -0.1) is 0 Å². The van der Waals surface area contributed by atoms with E-state index >= 15 is 0 Å². The van der Waals surface area contributed by atoms with Crippen LogP contribution in [-0.4, -0.2) is 218 Å². The zero-order valence-electron chi connectivity index (χ0n) is 36.2. The second kappa shape index (κ2) is 23.4. The van der Waals surface area contributed by atoms with Gasteiger partial charge in [0.25, 0.3) is 11.7 Å². The molecular formula is C39H57FN4O22. The Morgan fingerprint density at radius 2 is 1.39 bits per heavy atom. The molecule has 1 aromatic carbocycles. The molecule has 27 heteroatoms. The van der Waals surface area contributed by atoms with Crippen molar-refractivity contribution in [2.75, 3.05) is 26.9 Å². The summed E-state index contributed by atoms with van der Waals surface area (Å²) in [6, 6.07) is -0.544. The van der Waals surface area contributed by atoms with Crippen LogP contribution in [0.15, 0.2) is 24.3 Å². The minimum absolute atomic E-state index is 0.0469. The molecule has 4 rings (SSSR count). The lowest BCUT2D eigenvalue weighted by Gasteiger charge is -2.51. The van der Waals surface area contributed by atoms with Crippen LogP contribution in [0.1, 0.15) is 44.5 Å². The van der Waals surface area contributed by atoms with Gasteiger partial charge in [0.2, 0.25) is 17.7 Å². The summed E-state index contributed by atoms with van der Waals surface area (Å²) in [6.07, 6.45) is -28.6. The van der Waals surface area contributed by atoms with E-state index in [4.69, 9.17) is 33.2 Å². The molecule has 3 aliphatic heterocycles. The molecule has 3 heterocycles. The molecule has 0 spiro atoms. The quantitative estimate of drug-likeness (QED) is 0.0574. The number of carbonyl (C=O) groups is 6. The number of carboxylic acids is 1. The number of aliphatic hydroxyl groups is 8. The van der Waals surface area contributed by atoms with Gasteiger partial charge in [-0.05, 0) is 31.2 Å². The van der Waals surface area contributed by atoms with E-state index in [1.165, 1.54) is 6.92 Å². The molecule has 66 heavy (non-hydrogen) atoms. The number of ether oxygens (including phenoxy) is 7. The zero-order chi connectivity index (χ0) is 49.4. The van der Waals surface area contributed by atoms with Gasteiger partial charge >= 0.3 is 11.9 Å². The minimum atomic E-state index is -3.19. The van der Waals surface area contributed by atoms with Crippen LogP contribution in [-0.2, 0) is 57.1 Å². The van der Waals surface area contributed by atoms with Crippen LogP contribution < -0.4 is 21.3 Å². The predicted molar refractivity (Wildman–Crippen MR) is 211 cm³/mol. The molecule has 0 aliphatic carbocycles. The third-order valence-corrected chi connectivity index (χ3v) is 10.9. The van der Waals surface area contributed by atoms with E-state index in [9.17, 15) is 79.1 Å². The lowest BCUT2D eigenvalue weighted by Crippen LogP contribution is -2.71. The number of carboxylic acid groups (broad SMARTS) is 1. The Morgan fingerprint density at radius 1 is 0.833 bits per heavy atom. The number of rotatable bonds is 19. The monoisotopic (exact) mass is 952 g/mol. The molecule has 0 saturated carbocycles. The van der Waals surface area contributed by atoms with Gasteiger partial charge in [-0.25, -0.2) is 14.0 Å². The van der Waals surface area contributed by atoms with Gasteiger partial charge in [-0.3, -0.25) is 19.2 Å². The van der Waals surface area contributed by atoms with E-state index in [2.05, 4.69) is 21.3 Å². The molecule has 18 atom stereocenters. The lowest BCUT2D eigenvalue weighted by molar-refractivity contribution is -0.381. The Balaban J connectivity index is 1.66. The van der Waals surface area contributed by atoms with Crippen molar-refractivity contribution >= 4 is 35.6 Å². The van der Waals surface area contributed by atoms with Crippen LogP contribution in [0.5, 0.6) is 0 Å². The summed E-state index contributed by atoms with van der Waals surface area (Å²) in [7, 11) is 1.03. The Kier molecular flexibility index (Phi) is 19.2. The fourth-order valence-corrected chi connectivity index (χ4v) is 7.58. The Bertz CT molecular complexity index is 1850. The number of esters is 1. The summed E-state index contributed by atoms with van der Waals surface area (Å²) in [6.45, 7) is 1.68. The van der Waals surface area contributed by atoms with Crippen molar-refractivity contribution in [2.24, 2.45) is 0 Å². The van der Waals surface area contributed by atoms with Crippen molar-refractivity contribution in [2.45, 2.75) is 144 Å². The van der Waals surface area contributed by atoms with E-state index < -0.39 is 177 Å². The fraction of sp³-hybridized carbons (Fsp3) is 0.692. The van der Waals surface area contributed by atoms with Crippen molar-refractivity contribution in [3.05, 3.63) is 35.6 Å². The van der Waals surface area contributed by atoms with E-state index in [1.807, 2.05) is 0 Å². The number of hydrogen-bond acceptors (Lipinski definition) is 21. The number of aliphatic carboxylic acids is 1. The first kappa shape index (κ1) is 54.0. The fourth-order valence-electron chi connectivity index (χ4n) is 7.58. The molecule has 0 aromatic heterocycles. The largest absolute Gasteiger partial charge is 0.477 e. The van der Waals surface area contributed by atoms with Gasteiger partial charge in [0, 0.05) is 39.3 Å². The van der Waals surface area contributed by atoms with E-state index in [0.717, 1.165) is 52.1 Å². The molecule has 3 saturated heterocycles. The maximum absolute atomic E-state index is 13.4. The normalized spacial score (nSPS) is 34.1. The molecule has 372 valence electrons. The van der Waals surface area contributed by atoms with Crippen molar-refractivity contribution in [3.63, 3.8) is 0 Å². The van der Waals surface area contributed by atoms with Gasteiger partial charge in [0.05, 0.1) is 44.7 Å². The number of hydrogen-bond donors (Lipinski definition) is 13. The number of carbonyl (C=O) groups excluding carboxylic acids is 5. The van der Waals surface area contributed by atoms with E-state index in [-0.39, 0.29) is 5.56 Å². The predicted octanol–water partition coefficient (Wildman–Crippen LogP) is -6.41. The number of methoxy groups -OCH3 is 1. The molecule has 26 nitrogen and oxygen atoms in total. The highest BCUT2D eigenvalue weighted by Gasteiger charge is 2.60. The van der Waals surface area contributed by atoms with E-state index in [0.29, 0.717) is 0 Å². The smallest absolute Gasteiger partial charge is 0.364 e. The van der Waals surface area contributed by atoms with Gasteiger partial charge in [0.1, 0.15) is 66.8 Å². The average Bonchev–Trinajstić information content (AvgIpc) is 3.26. The first-order chi connectivity index (χ1) is 31.0. The summed E-state index contributed by atoms with van der Waals surface area (Å²) in [5.41, 5.74) is -0.0469. The summed E-state index contributed by atoms with van der Waals surface area (Å²) in [5, 5.41) is 108. The SMILES string of the molecule is COC(=O)[C@@H](NC(C)=O)[C@@H](C)O[C@H]1O[C@H](CO)[C@H](O)[C@H](O[C@@H]2O[C@H](CO)[C@H](O)[C@H](O[C@]3(C(=O)O)C[C@H](O)[C@@H](NC(C)=O)[C@H]([C@H](O)[C@H](O)CNC(=O)c4ccc(F)cc4)O3)[C@H]2O)[C@H]1NC(C)=O. The van der Waals surface area contributed by atoms with Crippen LogP contribution in [0.4, 0.5) is 4.39 Å². The average molecular weight is 953 g/mol. The maximum Gasteiger partial charge on any atom is 0.364 e. The van der Waals surface area contributed by atoms with Gasteiger partial charge < -0.3 is 100 Å². The molecule has 0 radical (unpaired) electrons. The van der Waals surface area contributed by atoms with Crippen LogP contribution in [0, 0.1) is 5.82 Å². The topological polar surface area (TPSA) is 397 Å². The Labute approximate surface area is 375 Å². The molecule has 1 aromatic rings. The number of amides is 4. The van der Waals surface area contributed by atoms with E-state index in [1.54, 1.807) is 0 Å². The zero-order valence-corrected chi connectivity index (χ0v) is 36.2. The number of aliphatic hydroxyl groups excluding tert-OH is 8. The summed E-state index contributed by atoms with van der Waals surface area (Å²) in [5.74, 6) is -9.97. The Hall–Kier alpha value is -4.59. The molecular weight excluding hydrogens is 895 g/mol. The number of benzene rings is 1. The summed E-state index contributed by atoms with van der Waals surface area (Å²) in [4.78, 5) is 75.0. The summed E-state index contributed by atoms with van der Waals surface area (Å²) >= 11 is 0. The lowest BCUT2D eigenvalue weighted by atomic mass is 9.88. The van der Waals surface area contributed by atoms with Crippen LogP contribution >= 0.6 is 0 Å². The first-order valence-electron chi connectivity index (χ1n) is 20.4. The van der Waals surface area contributed by atoms with Crippen molar-refractivity contribution in [3.8, 4) is 0 Å². The van der Waals surface area contributed by atoms with Crippen LogP contribution in [0.2, 0.25) is 0 Å².